The van der Waals surface area contributed by atoms with Gasteiger partial charge in [0.05, 0.1) is 19.3 Å². The van der Waals surface area contributed by atoms with Crippen LogP contribution in [0.5, 0.6) is 11.5 Å². The topological polar surface area (TPSA) is 50.8 Å². The highest BCUT2D eigenvalue weighted by atomic mass is 16.5. The zero-order valence-corrected chi connectivity index (χ0v) is 13.6. The van der Waals surface area contributed by atoms with Gasteiger partial charge in [-0.3, -0.25) is 0 Å². The zero-order valence-electron chi connectivity index (χ0n) is 13.6. The molecule has 0 spiro atoms. The van der Waals surface area contributed by atoms with Gasteiger partial charge in [0.25, 0.3) is 0 Å². The van der Waals surface area contributed by atoms with Gasteiger partial charge in [-0.25, -0.2) is 4.79 Å². The van der Waals surface area contributed by atoms with Gasteiger partial charge in [-0.15, -0.1) is 0 Å². The number of urea groups is 1. The number of benzene rings is 1. The molecule has 2 atom stereocenters. The van der Waals surface area contributed by atoms with Crippen molar-refractivity contribution in [3.05, 3.63) is 23.8 Å². The van der Waals surface area contributed by atoms with Crippen LogP contribution in [0.25, 0.3) is 0 Å². The first kappa shape index (κ1) is 14.7. The highest BCUT2D eigenvalue weighted by molar-refractivity contribution is 5.77. The van der Waals surface area contributed by atoms with Crippen LogP contribution in [0.2, 0.25) is 0 Å². The van der Waals surface area contributed by atoms with E-state index >= 15 is 0 Å². The first-order valence-corrected chi connectivity index (χ1v) is 8.65. The Balaban J connectivity index is 1.58. The molecule has 4 rings (SSSR count). The monoisotopic (exact) mass is 316 g/mol. The van der Waals surface area contributed by atoms with Crippen molar-refractivity contribution in [3.8, 4) is 11.5 Å². The normalized spacial score (nSPS) is 27.2. The summed E-state index contributed by atoms with van der Waals surface area (Å²) >= 11 is 0. The van der Waals surface area contributed by atoms with Crippen LogP contribution in [0.15, 0.2) is 18.2 Å². The highest BCUT2D eigenvalue weighted by Crippen LogP contribution is 2.40. The van der Waals surface area contributed by atoms with E-state index in [2.05, 4.69) is 17.4 Å². The zero-order chi connectivity index (χ0) is 15.8. The summed E-state index contributed by atoms with van der Waals surface area (Å²) < 4.78 is 11.7. The van der Waals surface area contributed by atoms with E-state index in [0.717, 1.165) is 43.9 Å². The largest absolute Gasteiger partial charge is 0.493 e. The Kier molecular flexibility index (Phi) is 3.79. The maximum absolute atomic E-state index is 11.8. The fraction of sp³-hybridized carbons (Fsp3) is 0.611. The number of hydrogen-bond acceptors (Lipinski definition) is 3. The molecule has 1 saturated carbocycles. The second kappa shape index (κ2) is 5.95. The molecule has 1 aromatic rings. The molecular weight excluding hydrogens is 292 g/mol. The quantitative estimate of drug-likeness (QED) is 0.929. The Morgan fingerprint density at radius 1 is 1.17 bits per heavy atom. The lowest BCUT2D eigenvalue weighted by Gasteiger charge is -2.21. The number of nitrogens with one attached hydrogen (secondary N) is 1. The molecule has 2 aliphatic heterocycles. The van der Waals surface area contributed by atoms with Gasteiger partial charge in [0.15, 0.2) is 11.5 Å². The summed E-state index contributed by atoms with van der Waals surface area (Å²) in [7, 11) is 1.69. The summed E-state index contributed by atoms with van der Waals surface area (Å²) in [4.78, 5) is 13.8. The van der Waals surface area contributed by atoms with Crippen LogP contribution in [0.4, 0.5) is 4.79 Å². The number of fused-ring (bicyclic) bond motifs is 1. The molecule has 1 aromatic carbocycles. The second-order valence-electron chi connectivity index (χ2n) is 6.78. The SMILES string of the molecule is COc1ccc(C2CCN3C(=O)NCC23)cc1OC1CCCC1. The van der Waals surface area contributed by atoms with Crippen molar-refractivity contribution in [3.63, 3.8) is 0 Å². The van der Waals surface area contributed by atoms with E-state index in [4.69, 9.17) is 9.47 Å². The Morgan fingerprint density at radius 3 is 2.78 bits per heavy atom. The predicted octanol–water partition coefficient (Wildman–Crippen LogP) is 2.90. The molecule has 1 N–H and O–H groups in total. The fourth-order valence-electron chi connectivity index (χ4n) is 4.24. The molecule has 1 aliphatic carbocycles. The number of carbonyl (C=O) groups excluding carboxylic acids is 1. The van der Waals surface area contributed by atoms with Gasteiger partial charge in [0.2, 0.25) is 0 Å². The van der Waals surface area contributed by atoms with Crippen LogP contribution in [-0.4, -0.2) is 43.3 Å². The number of nitrogens with zero attached hydrogens (tertiary/aromatic N) is 1. The molecule has 3 aliphatic rings. The molecule has 5 nitrogen and oxygen atoms in total. The number of amides is 2. The molecule has 0 aromatic heterocycles. The number of rotatable bonds is 4. The molecule has 2 saturated heterocycles. The fourth-order valence-corrected chi connectivity index (χ4v) is 4.24. The average molecular weight is 316 g/mol. The average Bonchev–Trinajstić information content (AvgIpc) is 3.27. The van der Waals surface area contributed by atoms with Crippen LogP contribution in [0, 0.1) is 0 Å². The van der Waals surface area contributed by atoms with Crippen molar-refractivity contribution >= 4 is 6.03 Å². The Labute approximate surface area is 136 Å². The summed E-state index contributed by atoms with van der Waals surface area (Å²) in [5, 5.41) is 2.95. The van der Waals surface area contributed by atoms with Crippen molar-refractivity contribution in [1.82, 2.24) is 10.2 Å². The predicted molar refractivity (Wildman–Crippen MR) is 87.1 cm³/mol. The third-order valence-electron chi connectivity index (χ3n) is 5.48. The summed E-state index contributed by atoms with van der Waals surface area (Å²) in [6.45, 7) is 1.58. The molecule has 124 valence electrons. The van der Waals surface area contributed by atoms with Gasteiger partial charge < -0.3 is 19.7 Å². The van der Waals surface area contributed by atoms with Gasteiger partial charge in [0.1, 0.15) is 0 Å². The minimum atomic E-state index is 0.0773. The van der Waals surface area contributed by atoms with Gasteiger partial charge >= 0.3 is 6.03 Å². The lowest BCUT2D eigenvalue weighted by atomic mass is 9.91. The minimum absolute atomic E-state index is 0.0773. The highest BCUT2D eigenvalue weighted by Gasteiger charge is 2.42. The maximum Gasteiger partial charge on any atom is 0.317 e. The summed E-state index contributed by atoms with van der Waals surface area (Å²) in [5.41, 5.74) is 1.25. The van der Waals surface area contributed by atoms with Gasteiger partial charge in [-0.2, -0.15) is 0 Å². The van der Waals surface area contributed by atoms with Crippen LogP contribution in [0.3, 0.4) is 0 Å². The number of hydrogen-bond donors (Lipinski definition) is 1. The van der Waals surface area contributed by atoms with Crippen molar-refractivity contribution in [1.29, 1.82) is 0 Å². The van der Waals surface area contributed by atoms with E-state index in [1.165, 1.54) is 18.4 Å². The van der Waals surface area contributed by atoms with Crippen LogP contribution in [-0.2, 0) is 0 Å². The van der Waals surface area contributed by atoms with Gasteiger partial charge in [-0.05, 0) is 49.8 Å². The molecule has 23 heavy (non-hydrogen) atoms. The van der Waals surface area contributed by atoms with E-state index in [1.807, 2.05) is 11.0 Å². The molecule has 2 amide bonds. The smallest absolute Gasteiger partial charge is 0.317 e. The third kappa shape index (κ3) is 2.62. The van der Waals surface area contributed by atoms with E-state index in [9.17, 15) is 4.79 Å². The molecule has 2 unspecified atom stereocenters. The molecule has 3 fully saturated rings. The second-order valence-corrected chi connectivity index (χ2v) is 6.78. The van der Waals surface area contributed by atoms with Crippen LogP contribution >= 0.6 is 0 Å². The minimum Gasteiger partial charge on any atom is -0.493 e. The lowest BCUT2D eigenvalue weighted by molar-refractivity contribution is 0.200. The molecule has 5 heteroatoms. The Morgan fingerprint density at radius 2 is 2.00 bits per heavy atom. The van der Waals surface area contributed by atoms with Gasteiger partial charge in [0, 0.05) is 19.0 Å². The first-order chi connectivity index (χ1) is 11.3. The van der Waals surface area contributed by atoms with Crippen molar-refractivity contribution in [2.24, 2.45) is 0 Å². The van der Waals surface area contributed by atoms with Crippen LogP contribution in [0.1, 0.15) is 43.6 Å². The number of ether oxygens (including phenoxy) is 2. The lowest BCUT2D eigenvalue weighted by Crippen LogP contribution is -2.30. The molecule has 2 heterocycles. The van der Waals surface area contributed by atoms with E-state index < -0.39 is 0 Å². The van der Waals surface area contributed by atoms with E-state index in [1.54, 1.807) is 7.11 Å². The number of methoxy groups -OCH3 is 1. The number of carbonyl (C=O) groups is 1. The summed E-state index contributed by atoms with van der Waals surface area (Å²) in [6, 6.07) is 6.61. The molecule has 0 radical (unpaired) electrons. The van der Waals surface area contributed by atoms with Crippen molar-refractivity contribution in [2.75, 3.05) is 20.2 Å². The van der Waals surface area contributed by atoms with E-state index in [0.29, 0.717) is 12.0 Å². The first-order valence-electron chi connectivity index (χ1n) is 8.65. The standard InChI is InChI=1S/C18H24N2O3/c1-22-16-7-6-12(10-17(16)23-13-4-2-3-5-13)14-8-9-20-15(14)11-19-18(20)21/h6-7,10,13-15H,2-5,8-9,11H2,1H3,(H,19,21). The third-order valence-corrected chi connectivity index (χ3v) is 5.48. The van der Waals surface area contributed by atoms with Crippen molar-refractivity contribution < 1.29 is 14.3 Å². The summed E-state index contributed by atoms with van der Waals surface area (Å²) in [6.07, 6.45) is 6.10. The Bertz CT molecular complexity index is 598. The summed E-state index contributed by atoms with van der Waals surface area (Å²) in [5.74, 6) is 2.04. The van der Waals surface area contributed by atoms with E-state index in [-0.39, 0.29) is 12.1 Å². The van der Waals surface area contributed by atoms with Gasteiger partial charge in [-0.1, -0.05) is 6.07 Å². The molecule has 0 bridgehead atoms. The Hall–Kier alpha value is -1.91. The van der Waals surface area contributed by atoms with Crippen molar-refractivity contribution in [2.45, 2.75) is 50.2 Å². The maximum atomic E-state index is 11.8. The molecular formula is C18H24N2O3. The van der Waals surface area contributed by atoms with Crippen LogP contribution < -0.4 is 14.8 Å².